The molecule has 4 heteroatoms. The lowest BCUT2D eigenvalue weighted by molar-refractivity contribution is -0.137. The lowest BCUT2D eigenvalue weighted by Gasteiger charge is -2.05. The van der Waals surface area contributed by atoms with Gasteiger partial charge in [-0.2, -0.15) is 13.2 Å². The molecule has 0 aromatic heterocycles. The van der Waals surface area contributed by atoms with Crippen molar-refractivity contribution in [2.24, 2.45) is 0 Å². The summed E-state index contributed by atoms with van der Waals surface area (Å²) in [6, 6.07) is 13.3. The summed E-state index contributed by atoms with van der Waals surface area (Å²) in [5.41, 5.74) is 0.377. The molecule has 0 aliphatic rings. The second kappa shape index (κ2) is 5.74. The van der Waals surface area contributed by atoms with Gasteiger partial charge in [-0.3, -0.25) is 4.79 Å². The van der Waals surface area contributed by atoms with E-state index in [4.69, 9.17) is 0 Å². The van der Waals surface area contributed by atoms with E-state index in [2.05, 4.69) is 0 Å². The maximum Gasteiger partial charge on any atom is 0.416 e. The van der Waals surface area contributed by atoms with Crippen molar-refractivity contribution in [2.75, 3.05) is 0 Å². The van der Waals surface area contributed by atoms with Crippen LogP contribution in [0, 0.1) is 0 Å². The number of benzene rings is 2. The topological polar surface area (TPSA) is 17.1 Å². The van der Waals surface area contributed by atoms with E-state index in [0.29, 0.717) is 11.1 Å². The zero-order chi connectivity index (χ0) is 14.6. The van der Waals surface area contributed by atoms with Crippen molar-refractivity contribution in [3.63, 3.8) is 0 Å². The number of carbonyl (C=O) groups is 1. The van der Waals surface area contributed by atoms with Crippen molar-refractivity contribution in [1.82, 2.24) is 0 Å². The standard InChI is InChI=1S/C16H11F3O/c17-16(18,19)14-9-6-12(7-10-14)8-11-15(20)13-4-2-1-3-5-13/h1-11H. The highest BCUT2D eigenvalue weighted by Gasteiger charge is 2.29. The summed E-state index contributed by atoms with van der Waals surface area (Å²) in [5, 5.41) is 0. The molecule has 2 rings (SSSR count). The molecule has 0 fully saturated rings. The minimum atomic E-state index is -4.35. The number of hydrogen-bond donors (Lipinski definition) is 0. The van der Waals surface area contributed by atoms with E-state index in [9.17, 15) is 18.0 Å². The number of ketones is 1. The van der Waals surface area contributed by atoms with Gasteiger partial charge in [-0.25, -0.2) is 0 Å². The molecule has 0 aliphatic carbocycles. The molecule has 0 saturated carbocycles. The van der Waals surface area contributed by atoms with Crippen LogP contribution >= 0.6 is 0 Å². The number of allylic oxidation sites excluding steroid dienone is 1. The van der Waals surface area contributed by atoms with Gasteiger partial charge in [-0.05, 0) is 23.8 Å². The Bertz CT molecular complexity index is 610. The monoisotopic (exact) mass is 276 g/mol. The van der Waals surface area contributed by atoms with Crippen LogP contribution in [0.4, 0.5) is 13.2 Å². The molecule has 1 nitrogen and oxygen atoms in total. The third-order valence-electron chi connectivity index (χ3n) is 2.72. The van der Waals surface area contributed by atoms with Gasteiger partial charge in [0, 0.05) is 5.56 Å². The second-order valence-electron chi connectivity index (χ2n) is 4.18. The first-order valence-electron chi connectivity index (χ1n) is 5.91. The lowest BCUT2D eigenvalue weighted by atomic mass is 10.1. The summed E-state index contributed by atoms with van der Waals surface area (Å²) < 4.78 is 37.1. The van der Waals surface area contributed by atoms with Crippen LogP contribution in [0.1, 0.15) is 21.5 Å². The molecule has 2 aromatic carbocycles. The van der Waals surface area contributed by atoms with Crippen LogP contribution in [0.3, 0.4) is 0 Å². The fraction of sp³-hybridized carbons (Fsp3) is 0.0625. The lowest BCUT2D eigenvalue weighted by Crippen LogP contribution is -2.04. The van der Waals surface area contributed by atoms with E-state index >= 15 is 0 Å². The third kappa shape index (κ3) is 3.57. The molecule has 0 spiro atoms. The van der Waals surface area contributed by atoms with Gasteiger partial charge in [-0.15, -0.1) is 0 Å². The highest BCUT2D eigenvalue weighted by atomic mass is 19.4. The first kappa shape index (κ1) is 14.1. The fourth-order valence-corrected chi connectivity index (χ4v) is 1.65. The Morgan fingerprint density at radius 3 is 2.05 bits per heavy atom. The van der Waals surface area contributed by atoms with E-state index in [1.807, 2.05) is 0 Å². The number of rotatable bonds is 3. The predicted molar refractivity (Wildman–Crippen MR) is 71.3 cm³/mol. The summed E-state index contributed by atoms with van der Waals surface area (Å²) in [7, 11) is 0. The van der Waals surface area contributed by atoms with Gasteiger partial charge in [0.15, 0.2) is 5.78 Å². The molecule has 0 aliphatic heterocycles. The zero-order valence-electron chi connectivity index (χ0n) is 10.4. The van der Waals surface area contributed by atoms with Crippen molar-refractivity contribution in [1.29, 1.82) is 0 Å². The van der Waals surface area contributed by atoms with E-state index in [0.717, 1.165) is 12.1 Å². The van der Waals surface area contributed by atoms with Gasteiger partial charge in [0.1, 0.15) is 0 Å². The largest absolute Gasteiger partial charge is 0.416 e. The van der Waals surface area contributed by atoms with Crippen molar-refractivity contribution in [3.8, 4) is 0 Å². The predicted octanol–water partition coefficient (Wildman–Crippen LogP) is 4.60. The third-order valence-corrected chi connectivity index (χ3v) is 2.72. The van der Waals surface area contributed by atoms with Crippen LogP contribution in [-0.4, -0.2) is 5.78 Å². The Labute approximate surface area is 114 Å². The van der Waals surface area contributed by atoms with Gasteiger partial charge in [0.25, 0.3) is 0 Å². The van der Waals surface area contributed by atoms with Gasteiger partial charge in [0.05, 0.1) is 5.56 Å². The number of alkyl halides is 3. The molecule has 0 N–H and O–H groups in total. The summed E-state index contributed by atoms with van der Waals surface area (Å²) in [4.78, 5) is 11.8. The van der Waals surface area contributed by atoms with E-state index < -0.39 is 11.7 Å². The Kier molecular flexibility index (Phi) is 4.03. The number of carbonyl (C=O) groups excluding carboxylic acids is 1. The number of halogens is 3. The van der Waals surface area contributed by atoms with Gasteiger partial charge < -0.3 is 0 Å². The summed E-state index contributed by atoms with van der Waals surface area (Å²) in [6.07, 6.45) is -1.50. The molecule has 0 amide bonds. The molecule has 0 saturated heterocycles. The second-order valence-corrected chi connectivity index (χ2v) is 4.18. The molecule has 102 valence electrons. The van der Waals surface area contributed by atoms with Gasteiger partial charge in [-0.1, -0.05) is 48.5 Å². The first-order chi connectivity index (χ1) is 9.47. The van der Waals surface area contributed by atoms with Crippen LogP contribution in [0.15, 0.2) is 60.7 Å². The zero-order valence-corrected chi connectivity index (χ0v) is 10.4. The maximum absolute atomic E-state index is 12.4. The quantitative estimate of drug-likeness (QED) is 0.591. The highest BCUT2D eigenvalue weighted by Crippen LogP contribution is 2.29. The van der Waals surface area contributed by atoms with Crippen molar-refractivity contribution in [3.05, 3.63) is 77.4 Å². The molecule has 0 radical (unpaired) electrons. The smallest absolute Gasteiger partial charge is 0.289 e. The molecule has 2 aromatic rings. The molecule has 0 atom stereocenters. The molecule has 0 unspecified atom stereocenters. The molecular weight excluding hydrogens is 265 g/mol. The van der Waals surface area contributed by atoms with Gasteiger partial charge >= 0.3 is 6.18 Å². The molecule has 0 heterocycles. The maximum atomic E-state index is 12.4. The summed E-state index contributed by atoms with van der Waals surface area (Å²) >= 11 is 0. The van der Waals surface area contributed by atoms with E-state index in [-0.39, 0.29) is 5.78 Å². The van der Waals surface area contributed by atoms with Crippen molar-refractivity contribution >= 4 is 11.9 Å². The molecular formula is C16H11F3O. The Hall–Kier alpha value is -2.36. The Morgan fingerprint density at radius 1 is 0.900 bits per heavy atom. The average Bonchev–Trinajstić information content (AvgIpc) is 2.45. The van der Waals surface area contributed by atoms with Crippen LogP contribution in [0.2, 0.25) is 0 Å². The SMILES string of the molecule is O=C(C=Cc1ccc(C(F)(F)F)cc1)c1ccccc1. The first-order valence-corrected chi connectivity index (χ1v) is 5.91. The van der Waals surface area contributed by atoms with Crippen molar-refractivity contribution in [2.45, 2.75) is 6.18 Å². The van der Waals surface area contributed by atoms with Crippen LogP contribution in [0.5, 0.6) is 0 Å². The fourth-order valence-electron chi connectivity index (χ4n) is 1.65. The average molecular weight is 276 g/mol. The van der Waals surface area contributed by atoms with Crippen LogP contribution < -0.4 is 0 Å². The van der Waals surface area contributed by atoms with Crippen molar-refractivity contribution < 1.29 is 18.0 Å². The van der Waals surface area contributed by atoms with Crippen LogP contribution in [-0.2, 0) is 6.18 Å². The summed E-state index contributed by atoms with van der Waals surface area (Å²) in [6.45, 7) is 0. The van der Waals surface area contributed by atoms with Crippen LogP contribution in [0.25, 0.3) is 6.08 Å². The Balaban J connectivity index is 2.11. The normalized spacial score (nSPS) is 11.8. The molecule has 0 bridgehead atoms. The van der Waals surface area contributed by atoms with E-state index in [1.165, 1.54) is 24.3 Å². The minimum absolute atomic E-state index is 0.189. The number of hydrogen-bond acceptors (Lipinski definition) is 1. The Morgan fingerprint density at radius 2 is 1.50 bits per heavy atom. The molecule has 20 heavy (non-hydrogen) atoms. The highest BCUT2D eigenvalue weighted by molar-refractivity contribution is 6.06. The summed E-state index contributed by atoms with van der Waals surface area (Å²) in [5.74, 6) is -0.189. The van der Waals surface area contributed by atoms with Gasteiger partial charge in [0.2, 0.25) is 0 Å². The minimum Gasteiger partial charge on any atom is -0.289 e. The van der Waals surface area contributed by atoms with E-state index in [1.54, 1.807) is 30.3 Å².